The van der Waals surface area contributed by atoms with Crippen molar-refractivity contribution in [3.05, 3.63) is 34.3 Å². The predicted octanol–water partition coefficient (Wildman–Crippen LogP) is 1.86. The lowest BCUT2D eigenvalue weighted by molar-refractivity contribution is 0.311. The van der Waals surface area contributed by atoms with Crippen LogP contribution >= 0.6 is 11.3 Å². The Bertz CT molecular complexity index is 500. The van der Waals surface area contributed by atoms with Gasteiger partial charge in [0.1, 0.15) is 18.0 Å². The van der Waals surface area contributed by atoms with Gasteiger partial charge in [-0.1, -0.05) is 0 Å². The number of aryl methyl sites for hydroxylation is 1. The largest absolute Gasteiger partial charge is 0.395 e. The number of hydrogen-bond acceptors (Lipinski definition) is 6. The van der Waals surface area contributed by atoms with E-state index in [9.17, 15) is 0 Å². The average Bonchev–Trinajstić information content (AvgIpc) is 2.80. The Balaban J connectivity index is 1.95. The van der Waals surface area contributed by atoms with Crippen LogP contribution in [0.3, 0.4) is 0 Å². The number of rotatable bonds is 6. The zero-order valence-corrected chi connectivity index (χ0v) is 11.0. The average molecular weight is 264 g/mol. The highest BCUT2D eigenvalue weighted by Crippen LogP contribution is 2.17. The van der Waals surface area contributed by atoms with E-state index in [-0.39, 0.29) is 6.61 Å². The first-order valence-corrected chi connectivity index (χ1v) is 6.61. The van der Waals surface area contributed by atoms with Crippen LogP contribution in [0.4, 0.5) is 11.6 Å². The van der Waals surface area contributed by atoms with Crippen molar-refractivity contribution >= 4 is 23.0 Å². The van der Waals surface area contributed by atoms with Crippen LogP contribution in [0.15, 0.2) is 23.8 Å². The zero-order valence-electron chi connectivity index (χ0n) is 10.2. The van der Waals surface area contributed by atoms with Crippen molar-refractivity contribution in [3.63, 3.8) is 0 Å². The van der Waals surface area contributed by atoms with E-state index in [0.29, 0.717) is 12.4 Å². The number of thiophene rings is 1. The summed E-state index contributed by atoms with van der Waals surface area (Å²) in [6.45, 7) is 3.43. The Morgan fingerprint density at radius 2 is 2.06 bits per heavy atom. The van der Waals surface area contributed by atoms with E-state index in [2.05, 4.69) is 39.0 Å². The van der Waals surface area contributed by atoms with Gasteiger partial charge in [0.15, 0.2) is 0 Å². The van der Waals surface area contributed by atoms with Gasteiger partial charge >= 0.3 is 0 Å². The second-order valence-electron chi connectivity index (χ2n) is 3.82. The summed E-state index contributed by atoms with van der Waals surface area (Å²) in [4.78, 5) is 9.53. The third-order valence-corrected chi connectivity index (χ3v) is 3.51. The summed E-state index contributed by atoms with van der Waals surface area (Å²) < 4.78 is 0. The maximum absolute atomic E-state index is 8.74. The molecule has 5 nitrogen and oxygen atoms in total. The molecule has 2 heterocycles. The standard InChI is InChI=1S/C12H16N4OS/c1-9-2-5-18-10(9)7-14-12-6-11(13-3-4-17)15-8-16-12/h2,5-6,8,17H,3-4,7H2,1H3,(H2,13,14,15,16). The predicted molar refractivity (Wildman–Crippen MR) is 74.0 cm³/mol. The van der Waals surface area contributed by atoms with Crippen molar-refractivity contribution in [3.8, 4) is 0 Å². The van der Waals surface area contributed by atoms with Crippen LogP contribution in [-0.2, 0) is 6.54 Å². The van der Waals surface area contributed by atoms with Gasteiger partial charge in [0.2, 0.25) is 0 Å². The molecule has 2 aromatic rings. The number of aromatic nitrogens is 2. The molecule has 0 aliphatic carbocycles. The summed E-state index contributed by atoms with van der Waals surface area (Å²) in [7, 11) is 0. The molecule has 6 heteroatoms. The molecular formula is C12H16N4OS. The van der Waals surface area contributed by atoms with Crippen LogP contribution in [0, 0.1) is 6.92 Å². The summed E-state index contributed by atoms with van der Waals surface area (Å²) in [5.74, 6) is 1.49. The van der Waals surface area contributed by atoms with Crippen LogP contribution in [0.25, 0.3) is 0 Å². The minimum absolute atomic E-state index is 0.0845. The van der Waals surface area contributed by atoms with Crippen LogP contribution in [0.5, 0.6) is 0 Å². The number of anilines is 2. The van der Waals surface area contributed by atoms with Crippen molar-refractivity contribution in [2.24, 2.45) is 0 Å². The highest BCUT2D eigenvalue weighted by atomic mass is 32.1. The molecule has 0 saturated carbocycles. The Hall–Kier alpha value is -1.66. The van der Waals surface area contributed by atoms with Gasteiger partial charge in [-0.3, -0.25) is 0 Å². The molecule has 2 rings (SSSR count). The number of aliphatic hydroxyl groups excluding tert-OH is 1. The van der Waals surface area contributed by atoms with Gasteiger partial charge in [0, 0.05) is 17.5 Å². The van der Waals surface area contributed by atoms with Gasteiger partial charge in [-0.2, -0.15) is 0 Å². The van der Waals surface area contributed by atoms with Crippen LogP contribution < -0.4 is 10.6 Å². The van der Waals surface area contributed by atoms with E-state index < -0.39 is 0 Å². The summed E-state index contributed by atoms with van der Waals surface area (Å²) in [5.41, 5.74) is 1.29. The Morgan fingerprint density at radius 1 is 1.28 bits per heavy atom. The topological polar surface area (TPSA) is 70.1 Å². The van der Waals surface area contributed by atoms with Crippen molar-refractivity contribution in [2.45, 2.75) is 13.5 Å². The lowest BCUT2D eigenvalue weighted by Gasteiger charge is -2.07. The first-order valence-electron chi connectivity index (χ1n) is 5.73. The molecule has 0 spiro atoms. The Labute approximate surface area is 110 Å². The van der Waals surface area contributed by atoms with E-state index in [1.807, 2.05) is 6.07 Å². The lowest BCUT2D eigenvalue weighted by atomic mass is 10.3. The molecule has 0 aliphatic rings. The zero-order chi connectivity index (χ0) is 12.8. The first kappa shape index (κ1) is 12.8. The van der Waals surface area contributed by atoms with Crippen molar-refractivity contribution in [1.82, 2.24) is 9.97 Å². The van der Waals surface area contributed by atoms with E-state index in [4.69, 9.17) is 5.11 Å². The molecule has 3 N–H and O–H groups in total. The molecule has 0 unspecified atom stereocenters. The van der Waals surface area contributed by atoms with Gasteiger partial charge in [-0.05, 0) is 23.9 Å². The van der Waals surface area contributed by atoms with E-state index in [1.54, 1.807) is 11.3 Å². The number of nitrogens with one attached hydrogen (secondary N) is 2. The molecule has 0 bridgehead atoms. The van der Waals surface area contributed by atoms with Crippen LogP contribution in [0.2, 0.25) is 0 Å². The molecule has 96 valence electrons. The Morgan fingerprint density at radius 3 is 2.72 bits per heavy atom. The van der Waals surface area contributed by atoms with Gasteiger partial charge in [0.25, 0.3) is 0 Å². The normalized spacial score (nSPS) is 10.3. The Kier molecular flexibility index (Phi) is 4.49. The number of hydrogen-bond donors (Lipinski definition) is 3. The molecule has 0 radical (unpaired) electrons. The maximum Gasteiger partial charge on any atom is 0.131 e. The lowest BCUT2D eigenvalue weighted by Crippen LogP contribution is -2.08. The number of nitrogens with zero attached hydrogens (tertiary/aromatic N) is 2. The fourth-order valence-electron chi connectivity index (χ4n) is 1.49. The maximum atomic E-state index is 8.74. The number of aliphatic hydroxyl groups is 1. The third kappa shape index (κ3) is 3.41. The molecule has 2 aromatic heterocycles. The van der Waals surface area contributed by atoms with E-state index >= 15 is 0 Å². The van der Waals surface area contributed by atoms with E-state index in [0.717, 1.165) is 12.4 Å². The fraction of sp³-hybridized carbons (Fsp3) is 0.333. The summed E-state index contributed by atoms with van der Waals surface area (Å²) >= 11 is 1.73. The minimum Gasteiger partial charge on any atom is -0.395 e. The molecular weight excluding hydrogens is 248 g/mol. The second kappa shape index (κ2) is 6.32. The highest BCUT2D eigenvalue weighted by molar-refractivity contribution is 7.10. The fourth-order valence-corrected chi connectivity index (χ4v) is 2.34. The molecule has 0 aromatic carbocycles. The van der Waals surface area contributed by atoms with Gasteiger partial charge in [-0.25, -0.2) is 9.97 Å². The molecule has 0 saturated heterocycles. The highest BCUT2D eigenvalue weighted by Gasteiger charge is 2.01. The minimum atomic E-state index is 0.0845. The van der Waals surface area contributed by atoms with Crippen molar-refractivity contribution in [2.75, 3.05) is 23.8 Å². The smallest absolute Gasteiger partial charge is 0.131 e. The molecule has 18 heavy (non-hydrogen) atoms. The van der Waals surface area contributed by atoms with E-state index in [1.165, 1.54) is 16.8 Å². The SMILES string of the molecule is Cc1ccsc1CNc1cc(NCCO)ncn1. The molecule has 0 aliphatic heterocycles. The summed E-state index contributed by atoms with van der Waals surface area (Å²) in [6, 6.07) is 3.94. The summed E-state index contributed by atoms with van der Waals surface area (Å²) in [6.07, 6.45) is 1.50. The van der Waals surface area contributed by atoms with Crippen molar-refractivity contribution < 1.29 is 5.11 Å². The van der Waals surface area contributed by atoms with Crippen molar-refractivity contribution in [1.29, 1.82) is 0 Å². The van der Waals surface area contributed by atoms with Crippen LogP contribution in [-0.4, -0.2) is 28.2 Å². The molecule has 0 fully saturated rings. The van der Waals surface area contributed by atoms with Crippen LogP contribution in [0.1, 0.15) is 10.4 Å². The molecule has 0 amide bonds. The van der Waals surface area contributed by atoms with Gasteiger partial charge in [-0.15, -0.1) is 11.3 Å². The van der Waals surface area contributed by atoms with Gasteiger partial charge < -0.3 is 15.7 Å². The quantitative estimate of drug-likeness (QED) is 0.743. The monoisotopic (exact) mass is 264 g/mol. The summed E-state index contributed by atoms with van der Waals surface area (Å²) in [5, 5.41) is 17.1. The first-order chi connectivity index (χ1) is 8.79. The molecule has 0 atom stereocenters. The third-order valence-electron chi connectivity index (χ3n) is 2.48. The second-order valence-corrected chi connectivity index (χ2v) is 4.82. The van der Waals surface area contributed by atoms with Gasteiger partial charge in [0.05, 0.1) is 13.2 Å².